The highest BCUT2D eigenvalue weighted by Gasteiger charge is 2.66. The summed E-state index contributed by atoms with van der Waals surface area (Å²) in [7, 11) is 0.486. The molecule has 3 heterocycles. The summed E-state index contributed by atoms with van der Waals surface area (Å²) in [6.45, 7) is 14.2. The second-order valence-corrected chi connectivity index (χ2v) is 16.1. The van der Waals surface area contributed by atoms with Crippen molar-refractivity contribution >= 4 is 20.3 Å². The lowest BCUT2D eigenvalue weighted by Crippen LogP contribution is -2.66. The number of nitrogens with zero attached hydrogens (tertiary/aromatic N) is 1. The Morgan fingerprint density at radius 2 is 1.72 bits per heavy atom. The fourth-order valence-corrected chi connectivity index (χ4v) is 5.85. The van der Waals surface area contributed by atoms with Gasteiger partial charge in [0.25, 0.3) is 11.7 Å². The van der Waals surface area contributed by atoms with Gasteiger partial charge in [-0.05, 0) is 44.1 Å². The first-order chi connectivity index (χ1) is 16.6. The molecular weight excluding hydrogens is 486 g/mol. The fourth-order valence-electron chi connectivity index (χ4n) is 4.55. The van der Waals surface area contributed by atoms with Gasteiger partial charge in [-0.3, -0.25) is 4.79 Å². The minimum Gasteiger partial charge on any atom is -0.496 e. The van der Waals surface area contributed by atoms with Gasteiger partial charge in [-0.2, -0.15) is 0 Å². The van der Waals surface area contributed by atoms with Gasteiger partial charge in [0.2, 0.25) is 0 Å². The molecule has 4 atom stereocenters. The van der Waals surface area contributed by atoms with Crippen molar-refractivity contribution in [1.29, 1.82) is 0 Å². The van der Waals surface area contributed by atoms with Gasteiger partial charge in [0, 0.05) is 0 Å². The van der Waals surface area contributed by atoms with Crippen LogP contribution in [0.4, 0.5) is 4.79 Å². The van der Waals surface area contributed by atoms with Crippen LogP contribution in [0, 0.1) is 0 Å². The van der Waals surface area contributed by atoms with Crippen LogP contribution in [0.25, 0.3) is 0 Å². The van der Waals surface area contributed by atoms with Gasteiger partial charge in [-0.1, -0.05) is 26.8 Å². The maximum absolute atomic E-state index is 13.6. The van der Waals surface area contributed by atoms with Crippen LogP contribution >= 0.6 is 0 Å². The summed E-state index contributed by atoms with van der Waals surface area (Å²) >= 11 is 0. The Balaban J connectivity index is 1.72. The maximum Gasteiger partial charge on any atom is 0.419 e. The minimum atomic E-state index is -2.41. The van der Waals surface area contributed by atoms with Crippen LogP contribution in [0.1, 0.15) is 45.0 Å². The number of imide groups is 1. The molecule has 4 rings (SSSR count). The molecule has 10 nitrogen and oxygen atoms in total. The Kier molecular flexibility index (Phi) is 6.70. The standard InChI is InChI=1S/C25H37NO9Si/c1-23(2,3)36(8,9)35-20-19-17(32-24(4,5)33-19)13-31-25(20)14-26(22(28)34-25)21(27)18-15(29-6)11-10-12-16(18)30-7/h10-12,17,19-20H,13-14H2,1-9H3/t17-,19-,20+,25+/m1/s1. The number of hydrogen-bond acceptors (Lipinski definition) is 9. The molecule has 36 heavy (non-hydrogen) atoms. The van der Waals surface area contributed by atoms with Gasteiger partial charge in [0.05, 0.1) is 20.8 Å². The van der Waals surface area contributed by atoms with E-state index in [9.17, 15) is 9.59 Å². The fraction of sp³-hybridized carbons (Fsp3) is 0.680. The van der Waals surface area contributed by atoms with Crippen molar-refractivity contribution in [3.05, 3.63) is 23.8 Å². The van der Waals surface area contributed by atoms with E-state index < -0.39 is 50.2 Å². The van der Waals surface area contributed by atoms with Crippen LogP contribution in [0.15, 0.2) is 18.2 Å². The van der Waals surface area contributed by atoms with Crippen LogP contribution in [-0.2, 0) is 23.4 Å². The van der Waals surface area contributed by atoms with E-state index in [1.165, 1.54) is 14.2 Å². The number of carbonyl (C=O) groups is 2. The average Bonchev–Trinajstić information content (AvgIpc) is 3.29. The minimum absolute atomic E-state index is 0.119. The number of carbonyl (C=O) groups excluding carboxylic acids is 2. The Labute approximate surface area is 213 Å². The van der Waals surface area contributed by atoms with Gasteiger partial charge in [-0.25, -0.2) is 9.69 Å². The first-order valence-corrected chi connectivity index (χ1v) is 15.0. The predicted molar refractivity (Wildman–Crippen MR) is 132 cm³/mol. The number of hydrogen-bond donors (Lipinski definition) is 0. The summed E-state index contributed by atoms with van der Waals surface area (Å²) in [6, 6.07) is 4.96. The van der Waals surface area contributed by atoms with E-state index in [2.05, 4.69) is 33.9 Å². The van der Waals surface area contributed by atoms with Gasteiger partial charge in [-0.15, -0.1) is 0 Å². The number of ether oxygens (including phenoxy) is 6. The molecule has 2 amide bonds. The molecule has 0 bridgehead atoms. The SMILES string of the molecule is COc1cccc(OC)c1C(=O)N1C[C@]2(OC[C@H]3OC(C)(C)O[C@H]3[C@@H]2O[Si](C)(C)C(C)(C)C)OC1=O. The second-order valence-electron chi connectivity index (χ2n) is 11.4. The molecule has 3 fully saturated rings. The lowest BCUT2D eigenvalue weighted by Gasteiger charge is -2.48. The average molecular weight is 524 g/mol. The predicted octanol–water partition coefficient (Wildman–Crippen LogP) is 3.93. The number of fused-ring (bicyclic) bond motifs is 1. The molecule has 3 aliphatic rings. The molecule has 11 heteroatoms. The number of rotatable bonds is 5. The third-order valence-corrected chi connectivity index (χ3v) is 11.9. The van der Waals surface area contributed by atoms with Crippen LogP contribution < -0.4 is 9.47 Å². The number of benzene rings is 1. The summed E-state index contributed by atoms with van der Waals surface area (Å²) < 4.78 is 41.9. The molecule has 0 saturated carbocycles. The summed E-state index contributed by atoms with van der Waals surface area (Å²) in [4.78, 5) is 27.8. The Morgan fingerprint density at radius 1 is 1.11 bits per heavy atom. The largest absolute Gasteiger partial charge is 0.496 e. The van der Waals surface area contributed by atoms with Crippen molar-refractivity contribution in [3.63, 3.8) is 0 Å². The van der Waals surface area contributed by atoms with Gasteiger partial charge >= 0.3 is 6.09 Å². The quantitative estimate of drug-likeness (QED) is 0.531. The zero-order valence-corrected chi connectivity index (χ0v) is 23.5. The zero-order chi connectivity index (χ0) is 26.7. The first-order valence-electron chi connectivity index (χ1n) is 12.1. The molecule has 1 aromatic carbocycles. The Morgan fingerprint density at radius 3 is 2.28 bits per heavy atom. The molecule has 1 spiro atoms. The maximum atomic E-state index is 13.6. The third-order valence-electron chi connectivity index (χ3n) is 7.42. The van der Waals surface area contributed by atoms with Gasteiger partial charge < -0.3 is 32.8 Å². The first kappa shape index (κ1) is 26.9. The van der Waals surface area contributed by atoms with Crippen molar-refractivity contribution in [2.75, 3.05) is 27.4 Å². The number of amides is 2. The normalized spacial score (nSPS) is 29.8. The monoisotopic (exact) mass is 523 g/mol. The third kappa shape index (κ3) is 4.51. The van der Waals surface area contributed by atoms with E-state index in [-0.39, 0.29) is 35.3 Å². The summed E-state index contributed by atoms with van der Waals surface area (Å²) in [6.07, 6.45) is -2.60. The highest BCUT2D eigenvalue weighted by atomic mass is 28.4. The van der Waals surface area contributed by atoms with Gasteiger partial charge in [0.1, 0.15) is 41.9 Å². The molecule has 3 aliphatic heterocycles. The van der Waals surface area contributed by atoms with Crippen LogP contribution in [0.2, 0.25) is 18.1 Å². The van der Waals surface area contributed by atoms with E-state index in [1.54, 1.807) is 18.2 Å². The van der Waals surface area contributed by atoms with Crippen LogP contribution in [0.5, 0.6) is 11.5 Å². The Bertz CT molecular complexity index is 1010. The molecule has 0 radical (unpaired) electrons. The molecule has 1 aromatic rings. The highest BCUT2D eigenvalue weighted by molar-refractivity contribution is 6.74. The molecule has 0 N–H and O–H groups in total. The molecule has 3 saturated heterocycles. The van der Waals surface area contributed by atoms with Crippen molar-refractivity contribution in [2.24, 2.45) is 0 Å². The molecule has 200 valence electrons. The number of methoxy groups -OCH3 is 2. The van der Waals surface area contributed by atoms with Gasteiger partial charge in [0.15, 0.2) is 14.1 Å². The van der Waals surface area contributed by atoms with Crippen molar-refractivity contribution in [2.45, 2.75) is 82.6 Å². The van der Waals surface area contributed by atoms with Crippen molar-refractivity contribution in [1.82, 2.24) is 4.90 Å². The van der Waals surface area contributed by atoms with Crippen LogP contribution in [-0.4, -0.2) is 82.5 Å². The van der Waals surface area contributed by atoms with E-state index in [0.29, 0.717) is 0 Å². The van der Waals surface area contributed by atoms with E-state index in [1.807, 2.05) is 13.8 Å². The molecular formula is C25H37NO9Si. The van der Waals surface area contributed by atoms with E-state index in [0.717, 1.165) is 4.90 Å². The summed E-state index contributed by atoms with van der Waals surface area (Å²) in [5, 5.41) is -0.140. The van der Waals surface area contributed by atoms with Crippen molar-refractivity contribution in [3.8, 4) is 11.5 Å². The zero-order valence-electron chi connectivity index (χ0n) is 22.5. The van der Waals surface area contributed by atoms with Crippen LogP contribution in [0.3, 0.4) is 0 Å². The molecule has 0 aromatic heterocycles. The Hall–Kier alpha value is -2.18. The van der Waals surface area contributed by atoms with E-state index in [4.69, 9.17) is 32.8 Å². The summed E-state index contributed by atoms with van der Waals surface area (Å²) in [5.74, 6) is -2.47. The van der Waals surface area contributed by atoms with E-state index >= 15 is 0 Å². The molecule has 0 aliphatic carbocycles. The molecule has 0 unspecified atom stereocenters. The topological polar surface area (TPSA) is 102 Å². The summed E-state index contributed by atoms with van der Waals surface area (Å²) in [5.41, 5.74) is 0.119. The smallest absolute Gasteiger partial charge is 0.419 e. The highest BCUT2D eigenvalue weighted by Crippen LogP contribution is 2.47. The lowest BCUT2D eigenvalue weighted by atomic mass is 9.96. The lowest BCUT2D eigenvalue weighted by molar-refractivity contribution is -0.282. The van der Waals surface area contributed by atoms with Crippen molar-refractivity contribution < 1.29 is 42.4 Å². The second kappa shape index (κ2) is 8.98.